The second kappa shape index (κ2) is 8.28. The molecule has 0 spiro atoms. The van der Waals surface area contributed by atoms with Crippen molar-refractivity contribution in [2.24, 2.45) is 0 Å². The fraction of sp³-hybridized carbons (Fsp3) is 0.429. The maximum Gasteiger partial charge on any atom is 0.267 e. The fourth-order valence-corrected chi connectivity index (χ4v) is 5.18. The van der Waals surface area contributed by atoms with E-state index >= 15 is 0 Å². The smallest absolute Gasteiger partial charge is 0.267 e. The van der Waals surface area contributed by atoms with Crippen molar-refractivity contribution in [2.45, 2.75) is 45.6 Å². The molecule has 2 aromatic rings. The van der Waals surface area contributed by atoms with Gasteiger partial charge in [0.2, 0.25) is 0 Å². The lowest BCUT2D eigenvalue weighted by Gasteiger charge is -2.29. The Morgan fingerprint density at radius 1 is 1.24 bits per heavy atom. The number of carbonyl (C=O) groups excluding carboxylic acids is 1. The first kappa shape index (κ1) is 20.1. The van der Waals surface area contributed by atoms with E-state index in [2.05, 4.69) is 4.90 Å². The molecule has 0 aromatic carbocycles. The fourth-order valence-electron chi connectivity index (χ4n) is 3.74. The number of amides is 1. The Morgan fingerprint density at radius 2 is 2.00 bits per heavy atom. The van der Waals surface area contributed by atoms with Gasteiger partial charge in [0.1, 0.15) is 15.8 Å². The molecule has 29 heavy (non-hydrogen) atoms. The Bertz CT molecular complexity index is 1060. The van der Waals surface area contributed by atoms with Crippen LogP contribution in [0.5, 0.6) is 0 Å². The van der Waals surface area contributed by atoms with Crippen LogP contribution in [0, 0.1) is 0 Å². The molecule has 0 N–H and O–H groups in total. The van der Waals surface area contributed by atoms with E-state index in [4.69, 9.17) is 17.2 Å². The van der Waals surface area contributed by atoms with Crippen LogP contribution in [0.2, 0.25) is 0 Å². The molecular weight excluding hydrogens is 404 g/mol. The SMILES string of the molecule is CCC(C)N1C(=O)/C(=C\c2c(N3CCCCC3)nc3ccccn3c2=O)SC1=S. The monoisotopic (exact) mass is 428 g/mol. The minimum atomic E-state index is -0.162. The van der Waals surface area contributed by atoms with Crippen molar-refractivity contribution >= 4 is 51.7 Å². The zero-order valence-corrected chi connectivity index (χ0v) is 18.3. The highest BCUT2D eigenvalue weighted by atomic mass is 32.2. The highest BCUT2D eigenvalue weighted by Crippen LogP contribution is 2.35. The van der Waals surface area contributed by atoms with E-state index in [0.717, 1.165) is 32.4 Å². The van der Waals surface area contributed by atoms with Crippen LogP contribution < -0.4 is 10.5 Å². The predicted molar refractivity (Wildman–Crippen MR) is 122 cm³/mol. The van der Waals surface area contributed by atoms with Gasteiger partial charge < -0.3 is 4.90 Å². The minimum Gasteiger partial charge on any atom is -0.356 e. The lowest BCUT2D eigenvalue weighted by Crippen LogP contribution is -2.36. The number of anilines is 1. The van der Waals surface area contributed by atoms with E-state index in [9.17, 15) is 9.59 Å². The molecule has 0 aliphatic carbocycles. The van der Waals surface area contributed by atoms with Crippen molar-refractivity contribution in [1.29, 1.82) is 0 Å². The number of hydrogen-bond acceptors (Lipinski definition) is 6. The molecule has 152 valence electrons. The number of piperidine rings is 1. The van der Waals surface area contributed by atoms with Gasteiger partial charge in [-0.25, -0.2) is 4.98 Å². The second-order valence-electron chi connectivity index (χ2n) is 7.44. The van der Waals surface area contributed by atoms with Gasteiger partial charge in [-0.3, -0.25) is 18.9 Å². The summed E-state index contributed by atoms with van der Waals surface area (Å²) in [5.41, 5.74) is 0.910. The topological polar surface area (TPSA) is 57.9 Å². The number of hydrogen-bond donors (Lipinski definition) is 0. The molecule has 4 heterocycles. The van der Waals surface area contributed by atoms with Crippen molar-refractivity contribution in [3.63, 3.8) is 0 Å². The molecule has 1 amide bonds. The van der Waals surface area contributed by atoms with E-state index in [1.54, 1.807) is 17.2 Å². The molecule has 0 bridgehead atoms. The lowest BCUT2D eigenvalue weighted by atomic mass is 10.1. The van der Waals surface area contributed by atoms with E-state index in [1.165, 1.54) is 22.6 Å². The maximum atomic E-state index is 13.3. The standard InChI is InChI=1S/C21H24N4O2S2/c1-3-14(2)25-20(27)16(29-21(25)28)13-15-18(23-10-6-4-7-11-23)22-17-9-5-8-12-24(17)19(15)26/h5,8-9,12-14H,3-4,6-7,10-11H2,1-2H3/b16-13+. The number of nitrogens with zero attached hydrogens (tertiary/aromatic N) is 4. The van der Waals surface area contributed by atoms with Crippen molar-refractivity contribution < 1.29 is 4.79 Å². The third-order valence-electron chi connectivity index (χ3n) is 5.54. The normalized spacial score (nSPS) is 20.1. The Kier molecular flexibility index (Phi) is 5.74. The first-order valence-electron chi connectivity index (χ1n) is 10.0. The summed E-state index contributed by atoms with van der Waals surface area (Å²) >= 11 is 6.70. The number of thioether (sulfide) groups is 1. The molecule has 2 saturated heterocycles. The zero-order valence-electron chi connectivity index (χ0n) is 16.6. The van der Waals surface area contributed by atoms with Crippen LogP contribution in [0.1, 0.15) is 45.1 Å². The molecule has 2 aromatic heterocycles. The van der Waals surface area contributed by atoms with Gasteiger partial charge >= 0.3 is 0 Å². The molecule has 0 saturated carbocycles. The van der Waals surface area contributed by atoms with Gasteiger partial charge in [0.05, 0.1) is 10.5 Å². The van der Waals surface area contributed by atoms with Gasteiger partial charge in [0.25, 0.3) is 11.5 Å². The van der Waals surface area contributed by atoms with Gasteiger partial charge in [0.15, 0.2) is 0 Å². The number of aromatic nitrogens is 2. The van der Waals surface area contributed by atoms with E-state index in [-0.39, 0.29) is 17.5 Å². The predicted octanol–water partition coefficient (Wildman–Crippen LogP) is 3.68. The highest BCUT2D eigenvalue weighted by molar-refractivity contribution is 8.26. The van der Waals surface area contributed by atoms with Crippen molar-refractivity contribution in [2.75, 3.05) is 18.0 Å². The van der Waals surface area contributed by atoms with Gasteiger partial charge in [-0.15, -0.1) is 0 Å². The number of pyridine rings is 1. The molecule has 2 aliphatic rings. The van der Waals surface area contributed by atoms with Crippen molar-refractivity contribution in [1.82, 2.24) is 14.3 Å². The van der Waals surface area contributed by atoms with Crippen LogP contribution in [-0.4, -0.2) is 43.6 Å². The lowest BCUT2D eigenvalue weighted by molar-refractivity contribution is -0.123. The largest absolute Gasteiger partial charge is 0.356 e. The average Bonchev–Trinajstić information content (AvgIpc) is 3.03. The first-order chi connectivity index (χ1) is 14.0. The summed E-state index contributed by atoms with van der Waals surface area (Å²) in [6.07, 6.45) is 7.56. The van der Waals surface area contributed by atoms with Crippen molar-refractivity contribution in [3.8, 4) is 0 Å². The van der Waals surface area contributed by atoms with Gasteiger partial charge in [-0.05, 0) is 50.8 Å². The molecule has 1 unspecified atom stereocenters. The van der Waals surface area contributed by atoms with E-state index < -0.39 is 0 Å². The summed E-state index contributed by atoms with van der Waals surface area (Å²) in [7, 11) is 0. The Morgan fingerprint density at radius 3 is 2.72 bits per heavy atom. The molecule has 2 fully saturated rings. The van der Waals surface area contributed by atoms with Gasteiger partial charge in [-0.2, -0.15) is 0 Å². The maximum absolute atomic E-state index is 13.3. The summed E-state index contributed by atoms with van der Waals surface area (Å²) in [6.45, 7) is 5.74. The third-order valence-corrected chi connectivity index (χ3v) is 6.87. The van der Waals surface area contributed by atoms with E-state index in [1.807, 2.05) is 32.0 Å². The summed E-state index contributed by atoms with van der Waals surface area (Å²) in [4.78, 5) is 35.4. The molecule has 2 aliphatic heterocycles. The Labute approximate surface area is 179 Å². The number of thiocarbonyl (C=S) groups is 1. The second-order valence-corrected chi connectivity index (χ2v) is 9.12. The van der Waals surface area contributed by atoms with Crippen LogP contribution in [-0.2, 0) is 4.79 Å². The molecular formula is C21H24N4O2S2. The minimum absolute atomic E-state index is 0.0331. The van der Waals surface area contributed by atoms with Crippen LogP contribution in [0.25, 0.3) is 11.7 Å². The third kappa shape index (κ3) is 3.71. The summed E-state index contributed by atoms with van der Waals surface area (Å²) in [6, 6.07) is 5.55. The van der Waals surface area contributed by atoms with Gasteiger partial charge in [-0.1, -0.05) is 37.0 Å². The van der Waals surface area contributed by atoms with Crippen LogP contribution in [0.15, 0.2) is 34.1 Å². The zero-order chi connectivity index (χ0) is 20.5. The molecule has 4 rings (SSSR count). The molecule has 8 heteroatoms. The van der Waals surface area contributed by atoms with Crippen LogP contribution >= 0.6 is 24.0 Å². The highest BCUT2D eigenvalue weighted by Gasteiger charge is 2.35. The van der Waals surface area contributed by atoms with Gasteiger partial charge in [0, 0.05) is 25.3 Å². The number of rotatable bonds is 4. The molecule has 0 radical (unpaired) electrons. The van der Waals surface area contributed by atoms with Crippen LogP contribution in [0.4, 0.5) is 5.82 Å². The summed E-state index contributed by atoms with van der Waals surface area (Å²) in [5, 5.41) is 0. The molecule has 6 nitrogen and oxygen atoms in total. The number of carbonyl (C=O) groups is 1. The first-order valence-corrected chi connectivity index (χ1v) is 11.3. The Hall–Kier alpha value is -2.19. The van der Waals surface area contributed by atoms with Crippen molar-refractivity contribution in [3.05, 3.63) is 45.2 Å². The average molecular weight is 429 g/mol. The van der Waals surface area contributed by atoms with Crippen LogP contribution in [0.3, 0.4) is 0 Å². The summed E-state index contributed by atoms with van der Waals surface area (Å²) < 4.78 is 2.08. The summed E-state index contributed by atoms with van der Waals surface area (Å²) in [5.74, 6) is 0.534. The quantitative estimate of drug-likeness (QED) is 0.547. The Balaban J connectivity index is 1.85. The van der Waals surface area contributed by atoms with E-state index in [0.29, 0.717) is 26.3 Å². The number of fused-ring (bicyclic) bond motifs is 1. The molecule has 1 atom stereocenters.